The molecular formula is C12H26N2. The van der Waals surface area contributed by atoms with Crippen molar-refractivity contribution in [3.63, 3.8) is 0 Å². The summed E-state index contributed by atoms with van der Waals surface area (Å²) in [6, 6.07) is 0.769. The zero-order chi connectivity index (χ0) is 10.8. The Kier molecular flexibility index (Phi) is 3.96. The average Bonchev–Trinajstić information content (AvgIpc) is 2.64. The SMILES string of the molecule is CCC1CCCN1C(C)(CN)C(C)C. The minimum absolute atomic E-state index is 0.206. The van der Waals surface area contributed by atoms with Crippen LogP contribution in [0.1, 0.15) is 47.0 Å². The van der Waals surface area contributed by atoms with Gasteiger partial charge in [-0.05, 0) is 38.6 Å². The Labute approximate surface area is 88.8 Å². The highest BCUT2D eigenvalue weighted by atomic mass is 15.2. The lowest BCUT2D eigenvalue weighted by atomic mass is 9.85. The van der Waals surface area contributed by atoms with E-state index in [0.717, 1.165) is 12.6 Å². The monoisotopic (exact) mass is 198 g/mol. The molecule has 0 aromatic heterocycles. The van der Waals surface area contributed by atoms with Crippen molar-refractivity contribution in [2.24, 2.45) is 11.7 Å². The van der Waals surface area contributed by atoms with Gasteiger partial charge in [0.2, 0.25) is 0 Å². The smallest absolute Gasteiger partial charge is 0.0329 e. The van der Waals surface area contributed by atoms with Crippen LogP contribution in [0.25, 0.3) is 0 Å². The Hall–Kier alpha value is -0.0800. The van der Waals surface area contributed by atoms with E-state index in [9.17, 15) is 0 Å². The third-order valence-electron chi connectivity index (χ3n) is 4.16. The summed E-state index contributed by atoms with van der Waals surface area (Å²) < 4.78 is 0. The maximum absolute atomic E-state index is 5.96. The summed E-state index contributed by atoms with van der Waals surface area (Å²) >= 11 is 0. The minimum Gasteiger partial charge on any atom is -0.329 e. The van der Waals surface area contributed by atoms with Crippen LogP contribution in [-0.2, 0) is 0 Å². The molecule has 2 atom stereocenters. The fourth-order valence-electron chi connectivity index (χ4n) is 2.62. The molecule has 2 unspecified atom stereocenters. The summed E-state index contributed by atoms with van der Waals surface area (Å²) in [5, 5.41) is 0. The summed E-state index contributed by atoms with van der Waals surface area (Å²) in [4.78, 5) is 2.65. The van der Waals surface area contributed by atoms with Crippen LogP contribution in [-0.4, -0.2) is 29.6 Å². The van der Waals surface area contributed by atoms with Crippen LogP contribution in [0.5, 0.6) is 0 Å². The summed E-state index contributed by atoms with van der Waals surface area (Å²) in [5.74, 6) is 0.639. The highest BCUT2D eigenvalue weighted by Crippen LogP contribution is 2.32. The van der Waals surface area contributed by atoms with Gasteiger partial charge >= 0.3 is 0 Å². The molecule has 2 nitrogen and oxygen atoms in total. The minimum atomic E-state index is 0.206. The average molecular weight is 198 g/mol. The molecule has 14 heavy (non-hydrogen) atoms. The molecule has 1 fully saturated rings. The van der Waals surface area contributed by atoms with E-state index in [1.54, 1.807) is 0 Å². The molecule has 2 heteroatoms. The molecule has 0 amide bonds. The summed E-state index contributed by atoms with van der Waals surface area (Å²) in [6.07, 6.45) is 3.97. The largest absolute Gasteiger partial charge is 0.329 e. The number of nitrogens with zero attached hydrogens (tertiary/aromatic N) is 1. The van der Waals surface area contributed by atoms with E-state index in [4.69, 9.17) is 5.73 Å². The van der Waals surface area contributed by atoms with Crippen LogP contribution in [0.3, 0.4) is 0 Å². The third-order valence-corrected chi connectivity index (χ3v) is 4.16. The first-order valence-electron chi connectivity index (χ1n) is 6.03. The second-order valence-corrected chi connectivity index (χ2v) is 5.11. The van der Waals surface area contributed by atoms with Gasteiger partial charge in [0, 0.05) is 18.1 Å². The van der Waals surface area contributed by atoms with E-state index in [-0.39, 0.29) is 5.54 Å². The molecule has 0 aliphatic carbocycles. The molecule has 1 rings (SSSR count). The predicted octanol–water partition coefficient (Wildman–Crippen LogP) is 2.23. The first kappa shape index (κ1) is 12.0. The molecule has 0 spiro atoms. The second kappa shape index (κ2) is 4.63. The van der Waals surface area contributed by atoms with Crippen molar-refractivity contribution in [2.45, 2.75) is 58.5 Å². The highest BCUT2D eigenvalue weighted by Gasteiger charge is 2.39. The molecule has 0 radical (unpaired) electrons. The van der Waals surface area contributed by atoms with Gasteiger partial charge < -0.3 is 5.73 Å². The fraction of sp³-hybridized carbons (Fsp3) is 1.00. The van der Waals surface area contributed by atoms with E-state index < -0.39 is 0 Å². The molecule has 1 heterocycles. The Morgan fingerprint density at radius 3 is 2.57 bits per heavy atom. The van der Waals surface area contributed by atoms with Crippen molar-refractivity contribution in [3.8, 4) is 0 Å². The van der Waals surface area contributed by atoms with Gasteiger partial charge in [-0.25, -0.2) is 0 Å². The van der Waals surface area contributed by atoms with Gasteiger partial charge in [-0.3, -0.25) is 4.90 Å². The van der Waals surface area contributed by atoms with Crippen LogP contribution in [0.4, 0.5) is 0 Å². The van der Waals surface area contributed by atoms with Crippen LogP contribution in [0.2, 0.25) is 0 Å². The molecule has 84 valence electrons. The first-order valence-corrected chi connectivity index (χ1v) is 6.03. The van der Waals surface area contributed by atoms with Gasteiger partial charge in [-0.15, -0.1) is 0 Å². The summed E-state index contributed by atoms with van der Waals surface area (Å²) in [5.41, 5.74) is 6.17. The lowest BCUT2D eigenvalue weighted by Crippen LogP contribution is -2.56. The summed E-state index contributed by atoms with van der Waals surface area (Å²) in [6.45, 7) is 11.2. The van der Waals surface area contributed by atoms with Crippen molar-refractivity contribution < 1.29 is 0 Å². The zero-order valence-electron chi connectivity index (χ0n) is 10.2. The molecular weight excluding hydrogens is 172 g/mol. The van der Waals surface area contributed by atoms with Gasteiger partial charge in [0.1, 0.15) is 0 Å². The van der Waals surface area contributed by atoms with E-state index in [1.165, 1.54) is 25.8 Å². The van der Waals surface area contributed by atoms with Crippen LogP contribution < -0.4 is 5.73 Å². The van der Waals surface area contributed by atoms with Crippen LogP contribution >= 0.6 is 0 Å². The molecule has 1 aliphatic heterocycles. The van der Waals surface area contributed by atoms with E-state index in [1.807, 2.05) is 0 Å². The first-order chi connectivity index (χ1) is 6.56. The normalized spacial score (nSPS) is 28.3. The summed E-state index contributed by atoms with van der Waals surface area (Å²) in [7, 11) is 0. The number of rotatable bonds is 4. The maximum Gasteiger partial charge on any atom is 0.0329 e. The predicted molar refractivity (Wildman–Crippen MR) is 62.3 cm³/mol. The van der Waals surface area contributed by atoms with Crippen molar-refractivity contribution in [1.29, 1.82) is 0 Å². The van der Waals surface area contributed by atoms with Gasteiger partial charge in [0.05, 0.1) is 0 Å². The van der Waals surface area contributed by atoms with Gasteiger partial charge in [0.15, 0.2) is 0 Å². The molecule has 0 aromatic carbocycles. The number of hydrogen-bond donors (Lipinski definition) is 1. The van der Waals surface area contributed by atoms with Crippen molar-refractivity contribution in [2.75, 3.05) is 13.1 Å². The highest BCUT2D eigenvalue weighted by molar-refractivity contribution is 4.96. The standard InChI is InChI=1S/C12H26N2/c1-5-11-7-6-8-14(11)12(4,9-13)10(2)3/h10-11H,5-9,13H2,1-4H3. The molecule has 0 bridgehead atoms. The van der Waals surface area contributed by atoms with E-state index in [2.05, 4.69) is 32.6 Å². The quantitative estimate of drug-likeness (QED) is 0.750. The Morgan fingerprint density at radius 2 is 2.14 bits per heavy atom. The van der Waals surface area contributed by atoms with Gasteiger partial charge in [0.25, 0.3) is 0 Å². The number of hydrogen-bond acceptors (Lipinski definition) is 2. The molecule has 2 N–H and O–H groups in total. The Morgan fingerprint density at radius 1 is 1.50 bits per heavy atom. The molecule has 0 aromatic rings. The maximum atomic E-state index is 5.96. The molecule has 1 aliphatic rings. The van der Waals surface area contributed by atoms with Crippen LogP contribution in [0.15, 0.2) is 0 Å². The Balaban J connectivity index is 2.77. The second-order valence-electron chi connectivity index (χ2n) is 5.11. The lowest BCUT2D eigenvalue weighted by Gasteiger charge is -2.44. The topological polar surface area (TPSA) is 29.3 Å². The van der Waals surface area contributed by atoms with E-state index in [0.29, 0.717) is 5.92 Å². The third kappa shape index (κ3) is 1.96. The van der Waals surface area contributed by atoms with E-state index >= 15 is 0 Å². The van der Waals surface area contributed by atoms with Crippen molar-refractivity contribution in [3.05, 3.63) is 0 Å². The van der Waals surface area contributed by atoms with Crippen molar-refractivity contribution >= 4 is 0 Å². The Bertz CT molecular complexity index is 179. The van der Waals surface area contributed by atoms with Gasteiger partial charge in [-0.1, -0.05) is 20.8 Å². The molecule has 0 saturated carbocycles. The van der Waals surface area contributed by atoms with Gasteiger partial charge in [-0.2, -0.15) is 0 Å². The number of nitrogens with two attached hydrogens (primary N) is 1. The number of likely N-dealkylation sites (tertiary alicyclic amines) is 1. The lowest BCUT2D eigenvalue weighted by molar-refractivity contribution is 0.0535. The zero-order valence-corrected chi connectivity index (χ0v) is 10.2. The molecule has 1 saturated heterocycles. The fourth-order valence-corrected chi connectivity index (χ4v) is 2.62. The van der Waals surface area contributed by atoms with Crippen LogP contribution in [0, 0.1) is 5.92 Å². The van der Waals surface area contributed by atoms with Crippen molar-refractivity contribution in [1.82, 2.24) is 4.90 Å².